The molecule has 0 unspecified atom stereocenters. The van der Waals surface area contributed by atoms with Gasteiger partial charge in [-0.1, -0.05) is 6.07 Å². The summed E-state index contributed by atoms with van der Waals surface area (Å²) >= 11 is 0. The molecule has 2 heterocycles. The molecule has 4 heteroatoms. The van der Waals surface area contributed by atoms with Crippen molar-refractivity contribution in [1.29, 1.82) is 0 Å². The van der Waals surface area contributed by atoms with E-state index < -0.39 is 5.60 Å². The summed E-state index contributed by atoms with van der Waals surface area (Å²) in [6.45, 7) is 8.23. The summed E-state index contributed by atoms with van der Waals surface area (Å²) in [7, 11) is 0. The molecule has 0 aliphatic carbocycles. The van der Waals surface area contributed by atoms with Crippen molar-refractivity contribution in [1.82, 2.24) is 4.98 Å². The minimum Gasteiger partial charge on any atom is -0.443 e. The molecule has 0 bridgehead atoms. The Bertz CT molecular complexity index is 463. The van der Waals surface area contributed by atoms with Crippen LogP contribution in [0.5, 0.6) is 0 Å². The molecule has 0 N–H and O–H groups in total. The Morgan fingerprint density at radius 3 is 2.78 bits per heavy atom. The van der Waals surface area contributed by atoms with Crippen LogP contribution in [0.4, 0.5) is 10.6 Å². The van der Waals surface area contributed by atoms with Gasteiger partial charge in [0, 0.05) is 12.2 Å². The Balaban J connectivity index is 2.27. The number of rotatable bonds is 0. The van der Waals surface area contributed by atoms with E-state index in [0.717, 1.165) is 29.9 Å². The Kier molecular flexibility index (Phi) is 3.28. The summed E-state index contributed by atoms with van der Waals surface area (Å²) in [5, 5.41) is 0. The van der Waals surface area contributed by atoms with Gasteiger partial charge in [0.05, 0.1) is 0 Å². The number of pyridine rings is 1. The predicted octanol–water partition coefficient (Wildman–Crippen LogP) is 3.08. The second-order valence-electron chi connectivity index (χ2n) is 5.67. The molecule has 18 heavy (non-hydrogen) atoms. The zero-order valence-corrected chi connectivity index (χ0v) is 11.5. The number of amides is 1. The second-order valence-corrected chi connectivity index (χ2v) is 5.67. The van der Waals surface area contributed by atoms with Crippen molar-refractivity contribution in [3.8, 4) is 0 Å². The highest BCUT2D eigenvalue weighted by molar-refractivity contribution is 5.88. The van der Waals surface area contributed by atoms with Gasteiger partial charge in [-0.25, -0.2) is 9.78 Å². The van der Waals surface area contributed by atoms with Crippen molar-refractivity contribution in [2.24, 2.45) is 0 Å². The van der Waals surface area contributed by atoms with Crippen LogP contribution < -0.4 is 4.90 Å². The van der Waals surface area contributed by atoms with E-state index in [2.05, 4.69) is 4.98 Å². The molecule has 0 fully saturated rings. The lowest BCUT2D eigenvalue weighted by Crippen LogP contribution is -2.40. The zero-order chi connectivity index (χ0) is 13.3. The van der Waals surface area contributed by atoms with Crippen LogP contribution in [0.25, 0.3) is 0 Å². The van der Waals surface area contributed by atoms with Crippen molar-refractivity contribution in [3.63, 3.8) is 0 Å². The third-order valence-corrected chi connectivity index (χ3v) is 2.79. The molecule has 1 aromatic heterocycles. The smallest absolute Gasteiger partial charge is 0.416 e. The van der Waals surface area contributed by atoms with Gasteiger partial charge in [0.1, 0.15) is 11.4 Å². The van der Waals surface area contributed by atoms with E-state index >= 15 is 0 Å². The number of aryl methyl sites for hydroxylation is 2. The molecule has 0 spiro atoms. The van der Waals surface area contributed by atoms with Crippen molar-refractivity contribution < 1.29 is 9.53 Å². The van der Waals surface area contributed by atoms with Gasteiger partial charge in [-0.05, 0) is 52.2 Å². The minimum atomic E-state index is -0.474. The van der Waals surface area contributed by atoms with Gasteiger partial charge in [0.2, 0.25) is 0 Å². The van der Waals surface area contributed by atoms with Gasteiger partial charge in [-0.15, -0.1) is 0 Å². The highest BCUT2D eigenvalue weighted by atomic mass is 16.6. The molecule has 2 rings (SSSR count). The first kappa shape index (κ1) is 12.9. The highest BCUT2D eigenvalue weighted by Crippen LogP contribution is 2.26. The van der Waals surface area contributed by atoms with Gasteiger partial charge in [0.25, 0.3) is 0 Å². The van der Waals surface area contributed by atoms with E-state index in [0.29, 0.717) is 6.54 Å². The van der Waals surface area contributed by atoms with Crippen LogP contribution >= 0.6 is 0 Å². The fourth-order valence-corrected chi connectivity index (χ4v) is 2.03. The van der Waals surface area contributed by atoms with Gasteiger partial charge in [-0.2, -0.15) is 0 Å². The molecular formula is C14H20N2O2. The first-order chi connectivity index (χ1) is 8.37. The first-order valence-corrected chi connectivity index (χ1v) is 6.34. The molecule has 0 atom stereocenters. The number of hydrogen-bond acceptors (Lipinski definition) is 3. The SMILES string of the molecule is Cc1ccc2c(n1)N(C(=O)OC(C)(C)C)CCC2. The average Bonchev–Trinajstić information content (AvgIpc) is 2.25. The van der Waals surface area contributed by atoms with E-state index in [1.807, 2.05) is 39.8 Å². The molecule has 0 saturated carbocycles. The number of ether oxygens (including phenoxy) is 1. The molecule has 98 valence electrons. The molecule has 0 aromatic carbocycles. The third kappa shape index (κ3) is 2.81. The summed E-state index contributed by atoms with van der Waals surface area (Å²) in [6.07, 6.45) is 1.63. The summed E-state index contributed by atoms with van der Waals surface area (Å²) < 4.78 is 5.42. The summed E-state index contributed by atoms with van der Waals surface area (Å²) in [5.41, 5.74) is 1.57. The summed E-state index contributed by atoms with van der Waals surface area (Å²) in [5.74, 6) is 0.760. The number of fused-ring (bicyclic) bond motifs is 1. The van der Waals surface area contributed by atoms with Crippen LogP contribution in [0.1, 0.15) is 38.4 Å². The Morgan fingerprint density at radius 2 is 2.11 bits per heavy atom. The number of carbonyl (C=O) groups is 1. The standard InChI is InChI=1S/C14H20N2O2/c1-10-7-8-11-6-5-9-16(12(11)15-10)13(17)18-14(2,3)4/h7-8H,5-6,9H2,1-4H3. The summed E-state index contributed by atoms with van der Waals surface area (Å²) in [6, 6.07) is 4.03. The van der Waals surface area contributed by atoms with Crippen LogP contribution in [0, 0.1) is 6.92 Å². The monoisotopic (exact) mass is 248 g/mol. The molecule has 0 saturated heterocycles. The largest absolute Gasteiger partial charge is 0.443 e. The number of anilines is 1. The maximum absolute atomic E-state index is 12.2. The van der Waals surface area contributed by atoms with Crippen LogP contribution in [0.15, 0.2) is 12.1 Å². The normalized spacial score (nSPS) is 15.2. The molecule has 1 amide bonds. The minimum absolute atomic E-state index is 0.304. The van der Waals surface area contributed by atoms with Crippen molar-refractivity contribution in [3.05, 3.63) is 23.4 Å². The van der Waals surface area contributed by atoms with Crippen LogP contribution in [0.2, 0.25) is 0 Å². The molecule has 0 radical (unpaired) electrons. The molecule has 1 aliphatic heterocycles. The fraction of sp³-hybridized carbons (Fsp3) is 0.571. The van der Waals surface area contributed by atoms with Crippen molar-refractivity contribution >= 4 is 11.9 Å². The first-order valence-electron chi connectivity index (χ1n) is 6.34. The number of aromatic nitrogens is 1. The Hall–Kier alpha value is -1.58. The summed E-state index contributed by atoms with van der Waals surface area (Å²) in [4.78, 5) is 18.3. The van der Waals surface area contributed by atoms with Crippen molar-refractivity contribution in [2.45, 2.75) is 46.1 Å². The zero-order valence-electron chi connectivity index (χ0n) is 11.5. The maximum Gasteiger partial charge on any atom is 0.416 e. The van der Waals surface area contributed by atoms with Gasteiger partial charge in [-0.3, -0.25) is 4.90 Å². The fourth-order valence-electron chi connectivity index (χ4n) is 2.03. The number of hydrogen-bond donors (Lipinski definition) is 0. The second kappa shape index (κ2) is 4.59. The average molecular weight is 248 g/mol. The molecule has 4 nitrogen and oxygen atoms in total. The quantitative estimate of drug-likeness (QED) is 0.708. The Morgan fingerprint density at radius 1 is 1.39 bits per heavy atom. The molecular weight excluding hydrogens is 228 g/mol. The van der Waals surface area contributed by atoms with E-state index in [1.165, 1.54) is 0 Å². The van der Waals surface area contributed by atoms with Gasteiger partial charge < -0.3 is 4.74 Å². The van der Waals surface area contributed by atoms with E-state index in [1.54, 1.807) is 4.90 Å². The van der Waals surface area contributed by atoms with Gasteiger partial charge in [0.15, 0.2) is 0 Å². The lowest BCUT2D eigenvalue weighted by atomic mass is 10.1. The van der Waals surface area contributed by atoms with Gasteiger partial charge >= 0.3 is 6.09 Å². The van der Waals surface area contributed by atoms with E-state index in [9.17, 15) is 4.79 Å². The van der Waals surface area contributed by atoms with Crippen LogP contribution in [-0.2, 0) is 11.2 Å². The maximum atomic E-state index is 12.2. The van der Waals surface area contributed by atoms with E-state index in [-0.39, 0.29) is 6.09 Å². The predicted molar refractivity (Wildman–Crippen MR) is 70.9 cm³/mol. The van der Waals surface area contributed by atoms with Crippen LogP contribution in [-0.4, -0.2) is 23.2 Å². The molecule has 1 aliphatic rings. The van der Waals surface area contributed by atoms with Crippen LogP contribution in [0.3, 0.4) is 0 Å². The van der Waals surface area contributed by atoms with Crippen molar-refractivity contribution in [2.75, 3.05) is 11.4 Å². The molecule has 1 aromatic rings. The third-order valence-electron chi connectivity index (χ3n) is 2.79. The highest BCUT2D eigenvalue weighted by Gasteiger charge is 2.28. The topological polar surface area (TPSA) is 42.4 Å². The lowest BCUT2D eigenvalue weighted by molar-refractivity contribution is 0.0576. The lowest BCUT2D eigenvalue weighted by Gasteiger charge is -2.30. The van der Waals surface area contributed by atoms with E-state index in [4.69, 9.17) is 4.74 Å². The Labute approximate surface area is 108 Å². The number of carbonyl (C=O) groups excluding carboxylic acids is 1. The number of nitrogens with zero attached hydrogens (tertiary/aromatic N) is 2.